The highest BCUT2D eigenvalue weighted by Crippen LogP contribution is 2.16. The third-order valence-corrected chi connectivity index (χ3v) is 2.42. The number of carbonyl (C=O) groups is 1. The Kier molecular flexibility index (Phi) is 3.23. The van der Waals surface area contributed by atoms with E-state index in [-0.39, 0.29) is 17.5 Å². The molecule has 5 heteroatoms. The number of halogens is 1. The molecular formula is C13H11FN2O2. The summed E-state index contributed by atoms with van der Waals surface area (Å²) in [6, 6.07) is 7.03. The minimum absolute atomic E-state index is 0.101. The van der Waals surface area contributed by atoms with E-state index >= 15 is 0 Å². The van der Waals surface area contributed by atoms with E-state index in [0.717, 1.165) is 6.20 Å². The van der Waals surface area contributed by atoms with Gasteiger partial charge in [-0.3, -0.25) is 4.79 Å². The van der Waals surface area contributed by atoms with Gasteiger partial charge in [0.25, 0.3) is 5.91 Å². The number of phenols is 1. The summed E-state index contributed by atoms with van der Waals surface area (Å²) in [7, 11) is 0. The Bertz CT molecular complexity index is 582. The number of nitrogens with zero attached hydrogens (tertiary/aromatic N) is 1. The number of benzene rings is 1. The number of amides is 1. The van der Waals surface area contributed by atoms with Gasteiger partial charge in [-0.25, -0.2) is 9.37 Å². The molecule has 4 nitrogen and oxygen atoms in total. The molecule has 1 heterocycles. The number of pyridine rings is 1. The summed E-state index contributed by atoms with van der Waals surface area (Å²) in [6.45, 7) is 1.72. The second-order valence-corrected chi connectivity index (χ2v) is 3.82. The predicted molar refractivity (Wildman–Crippen MR) is 65.0 cm³/mol. The van der Waals surface area contributed by atoms with Gasteiger partial charge in [-0.15, -0.1) is 0 Å². The van der Waals surface area contributed by atoms with Gasteiger partial charge in [-0.05, 0) is 42.8 Å². The zero-order chi connectivity index (χ0) is 13.1. The number of anilines is 1. The third kappa shape index (κ3) is 2.63. The number of aryl methyl sites for hydroxylation is 1. The Balaban J connectivity index is 2.19. The fourth-order valence-corrected chi connectivity index (χ4v) is 1.54. The molecule has 0 saturated heterocycles. The van der Waals surface area contributed by atoms with E-state index in [2.05, 4.69) is 10.3 Å². The molecule has 2 N–H and O–H groups in total. The van der Waals surface area contributed by atoms with E-state index in [1.54, 1.807) is 6.92 Å². The average Bonchev–Trinajstić information content (AvgIpc) is 2.32. The maximum atomic E-state index is 12.7. The van der Waals surface area contributed by atoms with Crippen molar-refractivity contribution >= 4 is 11.7 Å². The van der Waals surface area contributed by atoms with Gasteiger partial charge >= 0.3 is 0 Å². The SMILES string of the molecule is Cc1cc(O)ccc1C(=O)Nc1ccc(F)cn1. The molecule has 1 aromatic carbocycles. The van der Waals surface area contributed by atoms with Crippen molar-refractivity contribution in [1.82, 2.24) is 4.98 Å². The minimum atomic E-state index is -0.464. The first kappa shape index (κ1) is 12.0. The standard InChI is InChI=1S/C13H11FN2O2/c1-8-6-10(17)3-4-11(8)13(18)16-12-5-2-9(14)7-15-12/h2-7,17H,1H3,(H,15,16,18). The predicted octanol–water partition coefficient (Wildman–Crippen LogP) is 2.49. The van der Waals surface area contributed by atoms with E-state index < -0.39 is 5.82 Å². The second-order valence-electron chi connectivity index (χ2n) is 3.82. The first-order valence-electron chi connectivity index (χ1n) is 5.29. The van der Waals surface area contributed by atoms with Crippen LogP contribution < -0.4 is 5.32 Å². The first-order chi connectivity index (χ1) is 8.56. The molecule has 18 heavy (non-hydrogen) atoms. The Morgan fingerprint density at radius 2 is 2.11 bits per heavy atom. The van der Waals surface area contributed by atoms with Crippen molar-refractivity contribution in [3.63, 3.8) is 0 Å². The summed E-state index contributed by atoms with van der Waals surface area (Å²) >= 11 is 0. The molecule has 0 aliphatic carbocycles. The number of aromatic hydroxyl groups is 1. The van der Waals surface area contributed by atoms with Gasteiger partial charge in [0, 0.05) is 5.56 Å². The summed E-state index contributed by atoms with van der Waals surface area (Å²) in [5.41, 5.74) is 1.08. The fraction of sp³-hybridized carbons (Fsp3) is 0.0769. The lowest BCUT2D eigenvalue weighted by atomic mass is 10.1. The number of hydrogen-bond donors (Lipinski definition) is 2. The number of rotatable bonds is 2. The smallest absolute Gasteiger partial charge is 0.257 e. The highest BCUT2D eigenvalue weighted by atomic mass is 19.1. The molecule has 2 rings (SSSR count). The van der Waals surface area contributed by atoms with E-state index in [9.17, 15) is 14.3 Å². The van der Waals surface area contributed by atoms with Crippen LogP contribution in [0.15, 0.2) is 36.5 Å². The van der Waals surface area contributed by atoms with Crippen LogP contribution >= 0.6 is 0 Å². The quantitative estimate of drug-likeness (QED) is 0.855. The molecule has 0 fully saturated rings. The van der Waals surface area contributed by atoms with Gasteiger partial charge in [-0.2, -0.15) is 0 Å². The maximum Gasteiger partial charge on any atom is 0.257 e. The fourth-order valence-electron chi connectivity index (χ4n) is 1.54. The molecule has 0 radical (unpaired) electrons. The van der Waals surface area contributed by atoms with Crippen LogP contribution in [0.2, 0.25) is 0 Å². The molecule has 0 aliphatic rings. The van der Waals surface area contributed by atoms with Crippen LogP contribution in [0, 0.1) is 12.7 Å². The van der Waals surface area contributed by atoms with E-state index in [0.29, 0.717) is 11.1 Å². The van der Waals surface area contributed by atoms with Crippen LogP contribution in [0.4, 0.5) is 10.2 Å². The van der Waals surface area contributed by atoms with Crippen molar-refractivity contribution in [1.29, 1.82) is 0 Å². The number of nitrogens with one attached hydrogen (secondary N) is 1. The van der Waals surface area contributed by atoms with Gasteiger partial charge in [0.1, 0.15) is 17.4 Å². The lowest BCUT2D eigenvalue weighted by Crippen LogP contribution is -2.14. The normalized spacial score (nSPS) is 10.1. The van der Waals surface area contributed by atoms with E-state index in [4.69, 9.17) is 0 Å². The van der Waals surface area contributed by atoms with E-state index in [1.165, 1.54) is 30.3 Å². The van der Waals surface area contributed by atoms with Crippen LogP contribution in [0.5, 0.6) is 5.75 Å². The molecule has 0 bridgehead atoms. The zero-order valence-corrected chi connectivity index (χ0v) is 9.64. The van der Waals surface area contributed by atoms with Crippen molar-refractivity contribution in [2.75, 3.05) is 5.32 Å². The highest BCUT2D eigenvalue weighted by molar-refractivity contribution is 6.04. The van der Waals surface area contributed by atoms with Gasteiger partial charge in [0.15, 0.2) is 0 Å². The van der Waals surface area contributed by atoms with Crippen LogP contribution in [0.3, 0.4) is 0 Å². The molecule has 0 saturated carbocycles. The largest absolute Gasteiger partial charge is 0.508 e. The van der Waals surface area contributed by atoms with Gasteiger partial charge in [-0.1, -0.05) is 0 Å². The summed E-state index contributed by atoms with van der Waals surface area (Å²) < 4.78 is 12.7. The number of carbonyl (C=O) groups excluding carboxylic acids is 1. The number of aromatic nitrogens is 1. The Morgan fingerprint density at radius 1 is 1.33 bits per heavy atom. The monoisotopic (exact) mass is 246 g/mol. The lowest BCUT2D eigenvalue weighted by Gasteiger charge is -2.07. The Labute approximate surface area is 103 Å². The highest BCUT2D eigenvalue weighted by Gasteiger charge is 2.10. The lowest BCUT2D eigenvalue weighted by molar-refractivity contribution is 0.102. The molecule has 0 aliphatic heterocycles. The summed E-state index contributed by atoms with van der Waals surface area (Å²) in [5.74, 6) is -0.446. The topological polar surface area (TPSA) is 62.2 Å². The Morgan fingerprint density at radius 3 is 2.72 bits per heavy atom. The van der Waals surface area contributed by atoms with E-state index in [1.807, 2.05) is 0 Å². The molecule has 2 aromatic rings. The van der Waals surface area contributed by atoms with Gasteiger partial charge < -0.3 is 10.4 Å². The van der Waals surface area contributed by atoms with Crippen molar-refractivity contribution in [3.8, 4) is 5.75 Å². The summed E-state index contributed by atoms with van der Waals surface area (Å²) in [6.07, 6.45) is 1.03. The molecule has 0 atom stereocenters. The molecule has 1 amide bonds. The van der Waals surface area contributed by atoms with Gasteiger partial charge in [0.2, 0.25) is 0 Å². The van der Waals surface area contributed by atoms with Crippen molar-refractivity contribution in [2.45, 2.75) is 6.92 Å². The first-order valence-corrected chi connectivity index (χ1v) is 5.29. The molecule has 1 aromatic heterocycles. The maximum absolute atomic E-state index is 12.7. The van der Waals surface area contributed by atoms with Crippen LogP contribution in [-0.4, -0.2) is 16.0 Å². The summed E-state index contributed by atoms with van der Waals surface area (Å²) in [4.78, 5) is 15.6. The minimum Gasteiger partial charge on any atom is -0.508 e. The van der Waals surface area contributed by atoms with Crippen molar-refractivity contribution in [2.24, 2.45) is 0 Å². The second kappa shape index (κ2) is 4.83. The zero-order valence-electron chi connectivity index (χ0n) is 9.64. The molecule has 92 valence electrons. The van der Waals surface area contributed by atoms with Crippen LogP contribution in [0.25, 0.3) is 0 Å². The van der Waals surface area contributed by atoms with Crippen LogP contribution in [0.1, 0.15) is 15.9 Å². The number of phenolic OH excluding ortho intramolecular Hbond substituents is 1. The van der Waals surface area contributed by atoms with Gasteiger partial charge in [0.05, 0.1) is 6.20 Å². The molecular weight excluding hydrogens is 235 g/mol. The van der Waals surface area contributed by atoms with Crippen molar-refractivity contribution < 1.29 is 14.3 Å². The molecule has 0 unspecified atom stereocenters. The average molecular weight is 246 g/mol. The van der Waals surface area contributed by atoms with Crippen LogP contribution in [-0.2, 0) is 0 Å². The summed E-state index contributed by atoms with van der Waals surface area (Å²) in [5, 5.41) is 11.8. The number of hydrogen-bond acceptors (Lipinski definition) is 3. The third-order valence-electron chi connectivity index (χ3n) is 2.42. The Hall–Kier alpha value is -2.43. The van der Waals surface area contributed by atoms with Crippen molar-refractivity contribution in [3.05, 3.63) is 53.5 Å². The molecule has 0 spiro atoms.